The van der Waals surface area contributed by atoms with Gasteiger partial charge in [0.1, 0.15) is 19.0 Å². The lowest BCUT2D eigenvalue weighted by Crippen LogP contribution is -2.51. The highest BCUT2D eigenvalue weighted by atomic mass is 16.6. The van der Waals surface area contributed by atoms with Crippen molar-refractivity contribution in [2.45, 2.75) is 33.0 Å². The second-order valence-electron chi connectivity index (χ2n) is 8.95. The fraction of sp³-hybridized carbons (Fsp3) is 0.370. The van der Waals surface area contributed by atoms with Crippen LogP contribution < -0.4 is 4.74 Å². The van der Waals surface area contributed by atoms with Gasteiger partial charge in [0, 0.05) is 43.0 Å². The number of aromatic nitrogens is 1. The normalized spacial score (nSPS) is 15.9. The van der Waals surface area contributed by atoms with Crippen LogP contribution in [0.1, 0.15) is 29.7 Å². The summed E-state index contributed by atoms with van der Waals surface area (Å²) in [5.74, 6) is 1.19. The van der Waals surface area contributed by atoms with Gasteiger partial charge in [-0.2, -0.15) is 0 Å². The first-order chi connectivity index (χ1) is 16.6. The first-order valence-corrected chi connectivity index (χ1v) is 11.9. The maximum Gasteiger partial charge on any atom is 0.410 e. The number of fused-ring (bicyclic) bond motifs is 1. The van der Waals surface area contributed by atoms with Gasteiger partial charge in [0.2, 0.25) is 5.91 Å². The van der Waals surface area contributed by atoms with Crippen LogP contribution in [0.3, 0.4) is 0 Å². The fourth-order valence-corrected chi connectivity index (χ4v) is 4.30. The smallest absolute Gasteiger partial charge is 0.410 e. The molecule has 34 heavy (non-hydrogen) atoms. The van der Waals surface area contributed by atoms with E-state index in [-0.39, 0.29) is 24.5 Å². The van der Waals surface area contributed by atoms with Gasteiger partial charge in [0.15, 0.2) is 0 Å². The predicted molar refractivity (Wildman–Crippen MR) is 128 cm³/mol. The van der Waals surface area contributed by atoms with Crippen molar-refractivity contribution in [2.75, 3.05) is 26.2 Å². The quantitative estimate of drug-likeness (QED) is 0.549. The van der Waals surface area contributed by atoms with Crippen LogP contribution in [0.2, 0.25) is 0 Å². The van der Waals surface area contributed by atoms with Crippen molar-refractivity contribution in [3.05, 3.63) is 71.4 Å². The topological polar surface area (TPSA) is 72.0 Å². The molecule has 3 aromatic rings. The molecule has 2 aromatic carbocycles. The van der Waals surface area contributed by atoms with E-state index in [1.54, 1.807) is 4.90 Å². The molecule has 0 spiro atoms. The summed E-state index contributed by atoms with van der Waals surface area (Å²) in [5, 5.41) is 0.933. The Bertz CT molecular complexity index is 1190. The number of carbonyl (C=O) groups is 2. The standard InChI is InChI=1S/C27H29N3O4/c1-19-24(18-34-27(32)30-15-13-29(14-16-30)26(31)21-11-12-21)28-23-10-6-5-9-22(23)25(19)33-17-20-7-3-2-4-8-20/h2-10,21H,11-18H2,1H3. The molecule has 1 aliphatic carbocycles. The molecule has 1 saturated heterocycles. The van der Waals surface area contributed by atoms with Crippen LogP contribution in [-0.2, 0) is 22.7 Å². The Balaban J connectivity index is 1.25. The van der Waals surface area contributed by atoms with Crippen LogP contribution in [0, 0.1) is 12.8 Å². The van der Waals surface area contributed by atoms with Gasteiger partial charge in [-0.1, -0.05) is 42.5 Å². The summed E-state index contributed by atoms with van der Waals surface area (Å²) in [6, 6.07) is 17.8. The molecule has 0 bridgehead atoms. The van der Waals surface area contributed by atoms with Crippen LogP contribution in [0.25, 0.3) is 10.9 Å². The highest BCUT2D eigenvalue weighted by molar-refractivity contribution is 5.86. The van der Waals surface area contributed by atoms with Gasteiger partial charge < -0.3 is 19.3 Å². The van der Waals surface area contributed by atoms with Gasteiger partial charge in [-0.3, -0.25) is 4.79 Å². The van der Waals surface area contributed by atoms with Crippen LogP contribution in [0.5, 0.6) is 5.75 Å². The van der Waals surface area contributed by atoms with Crippen molar-refractivity contribution in [2.24, 2.45) is 5.92 Å². The third-order valence-corrected chi connectivity index (χ3v) is 6.51. The molecule has 2 aliphatic rings. The SMILES string of the molecule is Cc1c(COC(=O)N2CCN(C(=O)C3CC3)CC2)nc2ccccc2c1OCc1ccccc1. The van der Waals surface area contributed by atoms with Gasteiger partial charge in [-0.25, -0.2) is 9.78 Å². The van der Waals surface area contributed by atoms with E-state index >= 15 is 0 Å². The van der Waals surface area contributed by atoms with E-state index in [2.05, 4.69) is 0 Å². The number of amides is 2. The minimum absolute atomic E-state index is 0.0679. The van der Waals surface area contributed by atoms with Crippen molar-refractivity contribution in [3.8, 4) is 5.75 Å². The summed E-state index contributed by atoms with van der Waals surface area (Å²) in [6.45, 7) is 4.58. The second-order valence-corrected chi connectivity index (χ2v) is 8.95. The zero-order chi connectivity index (χ0) is 23.5. The molecule has 2 heterocycles. The van der Waals surface area contributed by atoms with Crippen LogP contribution in [0.4, 0.5) is 4.79 Å². The molecule has 7 heteroatoms. The van der Waals surface area contributed by atoms with E-state index in [1.807, 2.05) is 66.4 Å². The van der Waals surface area contributed by atoms with E-state index in [4.69, 9.17) is 14.5 Å². The third-order valence-electron chi connectivity index (χ3n) is 6.51. The maximum atomic E-state index is 12.7. The lowest BCUT2D eigenvalue weighted by Gasteiger charge is -2.34. The molecule has 176 valence electrons. The lowest BCUT2D eigenvalue weighted by atomic mass is 10.1. The fourth-order valence-electron chi connectivity index (χ4n) is 4.30. The van der Waals surface area contributed by atoms with Crippen molar-refractivity contribution in [3.63, 3.8) is 0 Å². The summed E-state index contributed by atoms with van der Waals surface area (Å²) in [5.41, 5.74) is 3.42. The molecular weight excluding hydrogens is 430 g/mol. The number of benzene rings is 2. The van der Waals surface area contributed by atoms with Gasteiger partial charge in [-0.05, 0) is 37.5 Å². The molecule has 2 amide bonds. The van der Waals surface area contributed by atoms with E-state index in [1.165, 1.54) is 0 Å². The van der Waals surface area contributed by atoms with Crippen molar-refractivity contribution in [1.82, 2.24) is 14.8 Å². The van der Waals surface area contributed by atoms with Gasteiger partial charge in [0.05, 0.1) is 11.2 Å². The Kier molecular flexibility index (Phi) is 6.34. The average Bonchev–Trinajstić information content (AvgIpc) is 3.73. The molecule has 1 aliphatic heterocycles. The number of carbonyl (C=O) groups excluding carboxylic acids is 2. The van der Waals surface area contributed by atoms with Crippen LogP contribution in [0.15, 0.2) is 54.6 Å². The molecule has 1 saturated carbocycles. The zero-order valence-electron chi connectivity index (χ0n) is 19.4. The Morgan fingerprint density at radius 3 is 2.32 bits per heavy atom. The first-order valence-electron chi connectivity index (χ1n) is 11.9. The summed E-state index contributed by atoms with van der Waals surface area (Å²) < 4.78 is 11.9. The van der Waals surface area contributed by atoms with Crippen molar-refractivity contribution >= 4 is 22.9 Å². The molecule has 0 radical (unpaired) electrons. The largest absolute Gasteiger partial charge is 0.488 e. The number of hydrogen-bond acceptors (Lipinski definition) is 5. The molecule has 0 unspecified atom stereocenters. The monoisotopic (exact) mass is 459 g/mol. The van der Waals surface area contributed by atoms with Crippen LogP contribution in [-0.4, -0.2) is 53.0 Å². The van der Waals surface area contributed by atoms with Gasteiger partial charge in [-0.15, -0.1) is 0 Å². The highest BCUT2D eigenvalue weighted by Crippen LogP contribution is 2.32. The number of nitrogens with zero attached hydrogens (tertiary/aromatic N) is 3. The average molecular weight is 460 g/mol. The van der Waals surface area contributed by atoms with E-state index < -0.39 is 0 Å². The summed E-state index contributed by atoms with van der Waals surface area (Å²) in [6.07, 6.45) is 1.62. The maximum absolute atomic E-state index is 12.7. The minimum atomic E-state index is -0.375. The summed E-state index contributed by atoms with van der Waals surface area (Å²) in [4.78, 5) is 33.2. The van der Waals surface area contributed by atoms with Gasteiger partial charge in [0.25, 0.3) is 0 Å². The van der Waals surface area contributed by atoms with Crippen molar-refractivity contribution < 1.29 is 19.1 Å². The Morgan fingerprint density at radius 1 is 0.912 bits per heavy atom. The number of para-hydroxylation sites is 1. The molecule has 1 aromatic heterocycles. The molecule has 7 nitrogen and oxygen atoms in total. The minimum Gasteiger partial charge on any atom is -0.488 e. The Hall–Kier alpha value is -3.61. The molecule has 0 N–H and O–H groups in total. The van der Waals surface area contributed by atoms with E-state index in [0.29, 0.717) is 38.5 Å². The second kappa shape index (κ2) is 9.71. The Labute approximate surface area is 199 Å². The zero-order valence-corrected chi connectivity index (χ0v) is 19.4. The Morgan fingerprint density at radius 2 is 1.59 bits per heavy atom. The van der Waals surface area contributed by atoms with Crippen LogP contribution >= 0.6 is 0 Å². The first kappa shape index (κ1) is 22.2. The summed E-state index contributed by atoms with van der Waals surface area (Å²) in [7, 11) is 0. The predicted octanol–water partition coefficient (Wildman–Crippen LogP) is 4.31. The summed E-state index contributed by atoms with van der Waals surface area (Å²) >= 11 is 0. The number of hydrogen-bond donors (Lipinski definition) is 0. The number of ether oxygens (including phenoxy) is 2. The number of pyridine rings is 1. The van der Waals surface area contributed by atoms with E-state index in [0.717, 1.165) is 40.6 Å². The highest BCUT2D eigenvalue weighted by Gasteiger charge is 2.35. The molecule has 2 fully saturated rings. The molecular formula is C27H29N3O4. The molecule has 5 rings (SSSR count). The van der Waals surface area contributed by atoms with Gasteiger partial charge >= 0.3 is 6.09 Å². The number of piperazine rings is 1. The van der Waals surface area contributed by atoms with E-state index in [9.17, 15) is 9.59 Å². The van der Waals surface area contributed by atoms with Crippen molar-refractivity contribution in [1.29, 1.82) is 0 Å². The lowest BCUT2D eigenvalue weighted by molar-refractivity contribution is -0.134. The number of rotatable bonds is 6. The molecule has 0 atom stereocenters. The third kappa shape index (κ3) is 4.83.